The zero-order chi connectivity index (χ0) is 31.3. The van der Waals surface area contributed by atoms with Crippen molar-refractivity contribution in [3.8, 4) is 0 Å². The molecule has 0 aliphatic rings. The highest BCUT2D eigenvalue weighted by Crippen LogP contribution is 2.19. The van der Waals surface area contributed by atoms with E-state index in [9.17, 15) is 14.4 Å². The number of rotatable bonds is 10. The Balaban J connectivity index is 0.000000215. The number of methoxy groups -OCH3 is 2. The predicted molar refractivity (Wildman–Crippen MR) is 167 cm³/mol. The Hall–Kier alpha value is -5.09. The van der Waals surface area contributed by atoms with Crippen LogP contribution in [-0.4, -0.2) is 44.3 Å². The van der Waals surface area contributed by atoms with E-state index in [1.807, 2.05) is 91.0 Å². The van der Waals surface area contributed by atoms with E-state index in [2.05, 4.69) is 15.1 Å². The summed E-state index contributed by atoms with van der Waals surface area (Å²) < 4.78 is 9.41. The Morgan fingerprint density at radius 2 is 1.07 bits per heavy atom. The first-order valence-corrected chi connectivity index (χ1v) is 13.9. The molecule has 0 aromatic heterocycles. The van der Waals surface area contributed by atoms with Crippen LogP contribution in [0.25, 0.3) is 21.5 Å². The van der Waals surface area contributed by atoms with Crippen molar-refractivity contribution in [2.24, 2.45) is 5.90 Å². The first-order chi connectivity index (χ1) is 21.4. The number of nitrogens with two attached hydrogens (primary N) is 1. The maximum atomic E-state index is 12.1. The zero-order valence-corrected chi connectivity index (χ0v) is 24.5. The number of nitrogens with one attached hydrogen (secondary N) is 1. The number of fused-ring (bicyclic) bond motifs is 2. The van der Waals surface area contributed by atoms with Crippen molar-refractivity contribution in [1.82, 2.24) is 5.48 Å². The van der Waals surface area contributed by atoms with Crippen LogP contribution in [0, 0.1) is 0 Å². The maximum absolute atomic E-state index is 12.1. The van der Waals surface area contributed by atoms with Crippen molar-refractivity contribution >= 4 is 39.4 Å². The standard InChI is InChI=1S/C21H19NO4.C14H15NO3/c1-25-21(24)19(26-22-20(23)17-8-3-2-4-9-17)14-15-11-12-16-7-5-6-10-18(16)13-15;1-17-14(16)13(18-15)9-10-6-7-11-4-2-3-5-12(11)8-10/h2-13,19H,14H2,1H3,(H,22,23);2-8,13H,9,15H2,1H3/t19-;13-/m00/s1. The maximum Gasteiger partial charge on any atom is 0.338 e. The number of benzene rings is 5. The summed E-state index contributed by atoms with van der Waals surface area (Å²) in [7, 11) is 2.60. The normalized spacial score (nSPS) is 12.0. The highest BCUT2D eigenvalue weighted by molar-refractivity contribution is 5.93. The molecule has 5 rings (SSSR count). The van der Waals surface area contributed by atoms with Crippen LogP contribution in [0.4, 0.5) is 0 Å². The highest BCUT2D eigenvalue weighted by Gasteiger charge is 2.23. The van der Waals surface area contributed by atoms with Gasteiger partial charge in [-0.05, 0) is 44.8 Å². The summed E-state index contributed by atoms with van der Waals surface area (Å²) in [6, 6.07) is 36.5. The summed E-state index contributed by atoms with van der Waals surface area (Å²) in [5.41, 5.74) is 4.67. The van der Waals surface area contributed by atoms with Crippen molar-refractivity contribution in [2.45, 2.75) is 25.0 Å². The van der Waals surface area contributed by atoms with Gasteiger partial charge in [0.1, 0.15) is 0 Å². The molecule has 0 heterocycles. The van der Waals surface area contributed by atoms with E-state index in [4.69, 9.17) is 15.5 Å². The van der Waals surface area contributed by atoms with Crippen LogP contribution >= 0.6 is 0 Å². The van der Waals surface area contributed by atoms with E-state index >= 15 is 0 Å². The molecule has 0 unspecified atom stereocenters. The lowest BCUT2D eigenvalue weighted by Gasteiger charge is -2.16. The van der Waals surface area contributed by atoms with Crippen LogP contribution in [0.1, 0.15) is 21.5 Å². The van der Waals surface area contributed by atoms with Gasteiger partial charge >= 0.3 is 11.9 Å². The Labute approximate surface area is 255 Å². The molecule has 5 aromatic rings. The number of carbonyl (C=O) groups is 3. The highest BCUT2D eigenvalue weighted by atomic mass is 16.7. The van der Waals surface area contributed by atoms with Gasteiger partial charge < -0.3 is 9.47 Å². The molecule has 0 fully saturated rings. The summed E-state index contributed by atoms with van der Waals surface area (Å²) >= 11 is 0. The lowest BCUT2D eigenvalue weighted by molar-refractivity contribution is -0.157. The van der Waals surface area contributed by atoms with Crippen molar-refractivity contribution < 1.29 is 33.5 Å². The van der Waals surface area contributed by atoms with Gasteiger partial charge in [-0.15, -0.1) is 0 Å². The summed E-state index contributed by atoms with van der Waals surface area (Å²) in [6.07, 6.45) is -1.02. The van der Waals surface area contributed by atoms with Gasteiger partial charge in [0.15, 0.2) is 12.2 Å². The lowest BCUT2D eigenvalue weighted by Crippen LogP contribution is -2.36. The molecule has 0 radical (unpaired) electrons. The minimum absolute atomic E-state index is 0.284. The fourth-order valence-electron chi connectivity index (χ4n) is 4.56. The topological polar surface area (TPSA) is 126 Å². The molecule has 44 heavy (non-hydrogen) atoms. The van der Waals surface area contributed by atoms with Crippen molar-refractivity contribution in [3.05, 3.63) is 132 Å². The van der Waals surface area contributed by atoms with E-state index in [1.54, 1.807) is 24.3 Å². The van der Waals surface area contributed by atoms with Crippen LogP contribution in [0.5, 0.6) is 0 Å². The number of amides is 1. The molecule has 9 nitrogen and oxygen atoms in total. The van der Waals surface area contributed by atoms with Crippen LogP contribution in [0.2, 0.25) is 0 Å². The molecule has 2 atom stereocenters. The zero-order valence-electron chi connectivity index (χ0n) is 24.5. The third-order valence-corrected chi connectivity index (χ3v) is 6.89. The molecule has 0 aliphatic heterocycles. The second-order valence-electron chi connectivity index (χ2n) is 9.85. The van der Waals surface area contributed by atoms with Crippen molar-refractivity contribution in [1.29, 1.82) is 0 Å². The van der Waals surface area contributed by atoms with E-state index in [0.717, 1.165) is 32.7 Å². The molecule has 226 valence electrons. The molecule has 0 aliphatic carbocycles. The summed E-state index contributed by atoms with van der Waals surface area (Å²) in [6.45, 7) is 0. The van der Waals surface area contributed by atoms with Gasteiger partial charge in [-0.1, -0.05) is 103 Å². The average Bonchev–Trinajstić information content (AvgIpc) is 3.08. The van der Waals surface area contributed by atoms with E-state index in [1.165, 1.54) is 14.2 Å². The van der Waals surface area contributed by atoms with E-state index < -0.39 is 30.1 Å². The van der Waals surface area contributed by atoms with Crippen LogP contribution in [-0.2, 0) is 41.6 Å². The first kappa shape index (κ1) is 31.8. The largest absolute Gasteiger partial charge is 0.467 e. The van der Waals surface area contributed by atoms with Gasteiger partial charge in [-0.2, -0.15) is 0 Å². The molecule has 3 N–H and O–H groups in total. The number of hydrogen-bond acceptors (Lipinski definition) is 8. The van der Waals surface area contributed by atoms with Crippen LogP contribution < -0.4 is 11.4 Å². The average molecular weight is 595 g/mol. The lowest BCUT2D eigenvalue weighted by atomic mass is 10.0. The molecule has 0 spiro atoms. The number of hydroxylamine groups is 1. The molecule has 1 amide bonds. The van der Waals surface area contributed by atoms with Gasteiger partial charge in [0.25, 0.3) is 5.91 Å². The first-order valence-electron chi connectivity index (χ1n) is 13.9. The molecule has 0 saturated heterocycles. The minimum atomic E-state index is -0.936. The SMILES string of the molecule is COC(=O)[C@H](Cc1ccc2ccccc2c1)ON.COC(=O)[C@H](Cc1ccc2ccccc2c1)ONC(=O)c1ccccc1. The van der Waals surface area contributed by atoms with Crippen LogP contribution in [0.3, 0.4) is 0 Å². The quantitative estimate of drug-likeness (QED) is 0.169. The Morgan fingerprint density at radius 1 is 0.614 bits per heavy atom. The number of ether oxygens (including phenoxy) is 2. The van der Waals surface area contributed by atoms with E-state index in [-0.39, 0.29) is 6.42 Å². The smallest absolute Gasteiger partial charge is 0.338 e. The molecular weight excluding hydrogens is 560 g/mol. The third-order valence-electron chi connectivity index (χ3n) is 6.89. The monoisotopic (exact) mass is 594 g/mol. The summed E-state index contributed by atoms with van der Waals surface area (Å²) in [5.74, 6) is 3.67. The third kappa shape index (κ3) is 8.71. The fraction of sp³-hybridized carbons (Fsp3) is 0.171. The van der Waals surface area contributed by atoms with Gasteiger partial charge in [0.2, 0.25) is 0 Å². The Bertz CT molecular complexity index is 1710. The number of esters is 2. The van der Waals surface area contributed by atoms with E-state index in [0.29, 0.717) is 12.0 Å². The number of hydrogen-bond donors (Lipinski definition) is 2. The second kappa shape index (κ2) is 15.9. The van der Waals surface area contributed by atoms with Crippen LogP contribution in [0.15, 0.2) is 115 Å². The molecule has 0 bridgehead atoms. The fourth-order valence-corrected chi connectivity index (χ4v) is 4.56. The molecule has 0 saturated carbocycles. The minimum Gasteiger partial charge on any atom is -0.467 e. The van der Waals surface area contributed by atoms with Gasteiger partial charge in [0.05, 0.1) is 14.2 Å². The Kier molecular flexibility index (Phi) is 11.5. The molecular formula is C35H34N2O7. The summed E-state index contributed by atoms with van der Waals surface area (Å²) in [5, 5.41) is 4.46. The van der Waals surface area contributed by atoms with Crippen molar-refractivity contribution in [2.75, 3.05) is 14.2 Å². The molecule has 5 aromatic carbocycles. The molecule has 9 heteroatoms. The van der Waals surface area contributed by atoms with Crippen molar-refractivity contribution in [3.63, 3.8) is 0 Å². The number of carbonyl (C=O) groups excluding carboxylic acids is 3. The van der Waals surface area contributed by atoms with Gasteiger partial charge in [-0.25, -0.2) is 21.0 Å². The van der Waals surface area contributed by atoms with Gasteiger partial charge in [-0.3, -0.25) is 14.5 Å². The van der Waals surface area contributed by atoms with Gasteiger partial charge in [0, 0.05) is 18.4 Å². The predicted octanol–water partition coefficient (Wildman–Crippen LogP) is 5.10. The Morgan fingerprint density at radius 3 is 1.57 bits per heavy atom. The second-order valence-corrected chi connectivity index (χ2v) is 9.85. The summed E-state index contributed by atoms with van der Waals surface area (Å²) in [4.78, 5) is 45.5.